The van der Waals surface area contributed by atoms with Crippen molar-refractivity contribution in [3.05, 3.63) is 77.9 Å². The fourth-order valence-corrected chi connectivity index (χ4v) is 5.93. The summed E-state index contributed by atoms with van der Waals surface area (Å²) in [5.41, 5.74) is 2.51. The Morgan fingerprint density at radius 1 is 1.02 bits per heavy atom. The average Bonchev–Trinajstić information content (AvgIpc) is 2.96. The van der Waals surface area contributed by atoms with Crippen LogP contribution in [-0.2, 0) is 19.6 Å². The first kappa shape index (κ1) is 27.6. The van der Waals surface area contributed by atoms with Gasteiger partial charge in [-0.1, -0.05) is 17.7 Å². The Bertz CT molecular complexity index is 1490. The Balaban J connectivity index is 1.25. The summed E-state index contributed by atoms with van der Waals surface area (Å²) in [6.07, 6.45) is -0.696. The van der Waals surface area contributed by atoms with Crippen LogP contribution in [0, 0.1) is 6.92 Å². The van der Waals surface area contributed by atoms with Gasteiger partial charge in [-0.2, -0.15) is 4.31 Å². The lowest BCUT2D eigenvalue weighted by atomic mass is 10.1. The van der Waals surface area contributed by atoms with Crippen molar-refractivity contribution in [2.75, 3.05) is 49.7 Å². The van der Waals surface area contributed by atoms with E-state index in [-0.39, 0.29) is 10.8 Å². The third-order valence-electron chi connectivity index (χ3n) is 6.75. The van der Waals surface area contributed by atoms with Gasteiger partial charge in [0.1, 0.15) is 18.1 Å². The summed E-state index contributed by atoms with van der Waals surface area (Å²) in [6.45, 7) is 5.62. The van der Waals surface area contributed by atoms with Crippen LogP contribution in [0.2, 0.25) is 0 Å². The number of morpholine rings is 1. The summed E-state index contributed by atoms with van der Waals surface area (Å²) < 4.78 is 43.9. The van der Waals surface area contributed by atoms with Gasteiger partial charge in [-0.15, -0.1) is 0 Å². The number of fused-ring (bicyclic) bond motifs is 1. The Hall–Kier alpha value is -3.93. The number of carbonyl (C=O) groups excluding carboxylic acids is 2. The number of nitrogens with one attached hydrogen (secondary N) is 1. The van der Waals surface area contributed by atoms with Crippen LogP contribution in [-0.4, -0.2) is 70.1 Å². The molecule has 3 aromatic carbocycles. The molecular weight excluding hydrogens is 534 g/mol. The molecule has 2 amide bonds. The van der Waals surface area contributed by atoms with Gasteiger partial charge in [0, 0.05) is 30.4 Å². The van der Waals surface area contributed by atoms with Crippen LogP contribution in [0.3, 0.4) is 0 Å². The second-order valence-electron chi connectivity index (χ2n) is 9.59. The second kappa shape index (κ2) is 11.7. The molecule has 1 unspecified atom stereocenters. The van der Waals surface area contributed by atoms with Gasteiger partial charge >= 0.3 is 0 Å². The van der Waals surface area contributed by atoms with Crippen molar-refractivity contribution in [2.24, 2.45) is 0 Å². The molecule has 0 bridgehead atoms. The van der Waals surface area contributed by atoms with Crippen LogP contribution >= 0.6 is 0 Å². The molecule has 1 N–H and O–H groups in total. The molecule has 210 valence electrons. The van der Waals surface area contributed by atoms with Crippen molar-refractivity contribution in [1.29, 1.82) is 0 Å². The predicted molar refractivity (Wildman–Crippen MR) is 150 cm³/mol. The van der Waals surface area contributed by atoms with E-state index in [2.05, 4.69) is 5.32 Å². The number of hydrogen-bond donors (Lipinski definition) is 1. The SMILES string of the molecule is Cc1ccc(OCCN2C(=O)C(C)Oc3cc(NC(=O)c4ccc(S(=O)(=O)N5CCOCC5)cc4)ccc32)cc1. The lowest BCUT2D eigenvalue weighted by Gasteiger charge is -2.33. The number of ether oxygens (including phenoxy) is 3. The van der Waals surface area contributed by atoms with Crippen LogP contribution in [0.5, 0.6) is 11.5 Å². The highest BCUT2D eigenvalue weighted by molar-refractivity contribution is 7.89. The number of sulfonamides is 1. The van der Waals surface area contributed by atoms with Crippen molar-refractivity contribution in [3.63, 3.8) is 0 Å². The molecule has 0 aliphatic carbocycles. The van der Waals surface area contributed by atoms with Gasteiger partial charge in [-0.3, -0.25) is 9.59 Å². The molecule has 0 aromatic heterocycles. The summed E-state index contributed by atoms with van der Waals surface area (Å²) in [4.78, 5) is 27.5. The van der Waals surface area contributed by atoms with Crippen LogP contribution in [0.25, 0.3) is 0 Å². The number of anilines is 2. The fraction of sp³-hybridized carbons (Fsp3) is 0.310. The minimum atomic E-state index is -3.65. The van der Waals surface area contributed by atoms with Gasteiger partial charge in [0.05, 0.1) is 30.3 Å². The third kappa shape index (κ3) is 5.96. The Morgan fingerprint density at radius 2 is 1.73 bits per heavy atom. The van der Waals surface area contributed by atoms with Gasteiger partial charge in [0.15, 0.2) is 6.10 Å². The van der Waals surface area contributed by atoms with E-state index in [0.717, 1.165) is 11.3 Å². The van der Waals surface area contributed by atoms with Crippen LogP contribution in [0.15, 0.2) is 71.6 Å². The molecule has 0 spiro atoms. The maximum atomic E-state index is 12.9. The van der Waals surface area contributed by atoms with E-state index in [1.807, 2.05) is 31.2 Å². The molecule has 40 heavy (non-hydrogen) atoms. The monoisotopic (exact) mass is 565 g/mol. The van der Waals surface area contributed by atoms with Crippen LogP contribution in [0.4, 0.5) is 11.4 Å². The smallest absolute Gasteiger partial charge is 0.267 e. The van der Waals surface area contributed by atoms with Crippen molar-refractivity contribution in [3.8, 4) is 11.5 Å². The van der Waals surface area contributed by atoms with Crippen molar-refractivity contribution < 1.29 is 32.2 Å². The molecular formula is C29H31N3O7S. The van der Waals surface area contributed by atoms with E-state index in [1.165, 1.54) is 28.6 Å². The molecule has 2 aliphatic rings. The minimum absolute atomic E-state index is 0.123. The molecule has 10 nitrogen and oxygen atoms in total. The van der Waals surface area contributed by atoms with Gasteiger partial charge in [-0.25, -0.2) is 8.42 Å². The standard InChI is InChI=1S/C29H31N3O7S/c1-20-3-8-24(9-4-20)38-18-15-32-26-12-7-23(19-27(26)39-21(2)29(32)34)30-28(33)22-5-10-25(11-6-22)40(35,36)31-13-16-37-17-14-31/h3-12,19,21H,13-18H2,1-2H3,(H,30,33). The van der Waals surface area contributed by atoms with Crippen LogP contribution in [0.1, 0.15) is 22.8 Å². The van der Waals surface area contributed by atoms with Gasteiger partial charge in [-0.05, 0) is 62.4 Å². The number of amides is 2. The normalized spacial score (nSPS) is 17.6. The maximum Gasteiger partial charge on any atom is 0.267 e. The second-order valence-corrected chi connectivity index (χ2v) is 11.5. The summed E-state index contributed by atoms with van der Waals surface area (Å²) in [5.74, 6) is 0.610. The number of rotatable bonds is 8. The molecule has 0 saturated carbocycles. The highest BCUT2D eigenvalue weighted by Gasteiger charge is 2.32. The molecule has 1 atom stereocenters. The van der Waals surface area contributed by atoms with Crippen molar-refractivity contribution in [2.45, 2.75) is 24.8 Å². The zero-order valence-electron chi connectivity index (χ0n) is 22.3. The lowest BCUT2D eigenvalue weighted by Crippen LogP contribution is -2.46. The first-order valence-electron chi connectivity index (χ1n) is 13.0. The predicted octanol–water partition coefficient (Wildman–Crippen LogP) is 3.46. The largest absolute Gasteiger partial charge is 0.492 e. The van der Waals surface area contributed by atoms with E-state index in [9.17, 15) is 18.0 Å². The van der Waals surface area contributed by atoms with Crippen molar-refractivity contribution >= 4 is 33.2 Å². The highest BCUT2D eigenvalue weighted by Crippen LogP contribution is 2.36. The number of benzene rings is 3. The zero-order chi connectivity index (χ0) is 28.3. The van der Waals surface area contributed by atoms with Crippen LogP contribution < -0.4 is 19.7 Å². The fourth-order valence-electron chi connectivity index (χ4n) is 4.53. The van der Waals surface area contributed by atoms with E-state index in [0.29, 0.717) is 62.1 Å². The van der Waals surface area contributed by atoms with Gasteiger partial charge in [0.25, 0.3) is 11.8 Å². The van der Waals surface area contributed by atoms with Crippen molar-refractivity contribution in [1.82, 2.24) is 4.31 Å². The Morgan fingerprint density at radius 3 is 2.42 bits per heavy atom. The third-order valence-corrected chi connectivity index (χ3v) is 8.67. The van der Waals surface area contributed by atoms with E-state index < -0.39 is 22.0 Å². The summed E-state index contributed by atoms with van der Waals surface area (Å²) in [7, 11) is -3.65. The molecule has 1 saturated heterocycles. The Labute approximate surface area is 233 Å². The number of nitrogens with zero attached hydrogens (tertiary/aromatic N) is 2. The van der Waals surface area contributed by atoms with E-state index in [1.54, 1.807) is 30.0 Å². The average molecular weight is 566 g/mol. The van der Waals surface area contributed by atoms with Gasteiger partial charge in [0.2, 0.25) is 10.0 Å². The topological polar surface area (TPSA) is 114 Å². The van der Waals surface area contributed by atoms with E-state index in [4.69, 9.17) is 14.2 Å². The Kier molecular flexibility index (Phi) is 8.06. The van der Waals surface area contributed by atoms with E-state index >= 15 is 0 Å². The number of aryl methyl sites for hydroxylation is 1. The minimum Gasteiger partial charge on any atom is -0.492 e. The molecule has 1 fully saturated rings. The molecule has 2 aliphatic heterocycles. The first-order chi connectivity index (χ1) is 19.2. The number of hydrogen-bond acceptors (Lipinski definition) is 7. The number of carbonyl (C=O) groups is 2. The maximum absolute atomic E-state index is 12.9. The molecule has 0 radical (unpaired) electrons. The molecule has 5 rings (SSSR count). The molecule has 2 heterocycles. The lowest BCUT2D eigenvalue weighted by molar-refractivity contribution is -0.125. The summed E-state index contributed by atoms with van der Waals surface area (Å²) in [5, 5.41) is 2.82. The highest BCUT2D eigenvalue weighted by atomic mass is 32.2. The molecule has 11 heteroatoms. The zero-order valence-corrected chi connectivity index (χ0v) is 23.1. The molecule has 3 aromatic rings. The summed E-state index contributed by atoms with van der Waals surface area (Å²) in [6, 6.07) is 18.6. The summed E-state index contributed by atoms with van der Waals surface area (Å²) >= 11 is 0. The van der Waals surface area contributed by atoms with Gasteiger partial charge < -0.3 is 24.4 Å². The first-order valence-corrected chi connectivity index (χ1v) is 14.5. The quantitative estimate of drug-likeness (QED) is 0.445.